The molecule has 0 aliphatic carbocycles. The van der Waals surface area contributed by atoms with Crippen LogP contribution in [-0.4, -0.2) is 17.8 Å². The highest BCUT2D eigenvalue weighted by atomic mass is 35.5. The maximum Gasteiger partial charge on any atom is 0.180 e. The van der Waals surface area contributed by atoms with Crippen molar-refractivity contribution in [2.24, 2.45) is 0 Å². The zero-order valence-corrected chi connectivity index (χ0v) is 10.5. The van der Waals surface area contributed by atoms with Crippen LogP contribution in [0.25, 0.3) is 0 Å². The zero-order chi connectivity index (χ0) is 12.0. The van der Waals surface area contributed by atoms with Gasteiger partial charge in [0.05, 0.1) is 12.0 Å². The Morgan fingerprint density at radius 2 is 1.94 bits per heavy atom. The topological polar surface area (TPSA) is 26.3 Å². The molecule has 0 saturated carbocycles. The molecule has 1 rings (SSSR count). The van der Waals surface area contributed by atoms with Crippen molar-refractivity contribution in [2.75, 3.05) is 6.61 Å². The molecule has 16 heavy (non-hydrogen) atoms. The van der Waals surface area contributed by atoms with Crippen molar-refractivity contribution in [1.82, 2.24) is 0 Å². The molecule has 3 heteroatoms. The van der Waals surface area contributed by atoms with Gasteiger partial charge in [-0.15, -0.1) is 11.6 Å². The Bertz CT molecular complexity index is 332. The number of carbonyl (C=O) groups excluding carboxylic acids is 1. The Hall–Kier alpha value is -1.02. The van der Waals surface area contributed by atoms with Crippen LogP contribution in [0.5, 0.6) is 5.75 Å². The van der Waals surface area contributed by atoms with Crippen LogP contribution in [-0.2, 0) is 0 Å². The summed E-state index contributed by atoms with van der Waals surface area (Å²) < 4.78 is 5.43. The number of halogens is 1. The Morgan fingerprint density at radius 1 is 1.31 bits per heavy atom. The maximum atomic E-state index is 11.7. The molecule has 0 aromatic heterocycles. The van der Waals surface area contributed by atoms with Crippen LogP contribution in [0, 0.1) is 0 Å². The van der Waals surface area contributed by atoms with E-state index in [1.165, 1.54) is 0 Å². The molecule has 0 aliphatic heterocycles. The summed E-state index contributed by atoms with van der Waals surface area (Å²) in [6, 6.07) is 7.14. The molecule has 0 N–H and O–H groups in total. The van der Waals surface area contributed by atoms with Gasteiger partial charge >= 0.3 is 0 Å². The van der Waals surface area contributed by atoms with Gasteiger partial charge in [0.15, 0.2) is 5.78 Å². The van der Waals surface area contributed by atoms with E-state index in [4.69, 9.17) is 16.3 Å². The van der Waals surface area contributed by atoms with Crippen molar-refractivity contribution < 1.29 is 9.53 Å². The smallest absolute Gasteiger partial charge is 0.180 e. The minimum atomic E-state index is -0.428. The third kappa shape index (κ3) is 3.53. The first-order valence-electron chi connectivity index (χ1n) is 5.60. The molecule has 0 spiro atoms. The largest absolute Gasteiger partial charge is 0.494 e. The summed E-state index contributed by atoms with van der Waals surface area (Å²) >= 11 is 5.89. The summed E-state index contributed by atoms with van der Waals surface area (Å²) in [6.45, 7) is 4.64. The molecule has 1 unspecified atom stereocenters. The Labute approximate surface area is 102 Å². The molecule has 0 radical (unpaired) electrons. The summed E-state index contributed by atoms with van der Waals surface area (Å²) in [5.41, 5.74) is 0.644. The van der Waals surface area contributed by atoms with E-state index in [9.17, 15) is 4.79 Å². The van der Waals surface area contributed by atoms with Crippen LogP contribution in [0.3, 0.4) is 0 Å². The van der Waals surface area contributed by atoms with E-state index in [2.05, 4.69) is 6.92 Å². The Kier molecular flexibility index (Phi) is 5.33. The Balaban J connectivity index is 2.67. The Morgan fingerprint density at radius 3 is 2.44 bits per heavy atom. The fourth-order valence-electron chi connectivity index (χ4n) is 1.30. The maximum absolute atomic E-state index is 11.7. The van der Waals surface area contributed by atoms with Crippen molar-refractivity contribution >= 4 is 17.4 Å². The molecular weight excluding hydrogens is 224 g/mol. The number of benzene rings is 1. The predicted octanol–water partition coefficient (Wildman–Crippen LogP) is 3.68. The lowest BCUT2D eigenvalue weighted by Crippen LogP contribution is -2.13. The minimum Gasteiger partial charge on any atom is -0.494 e. The molecule has 0 saturated heterocycles. The number of hydrogen-bond acceptors (Lipinski definition) is 2. The van der Waals surface area contributed by atoms with Crippen molar-refractivity contribution in [2.45, 2.75) is 32.1 Å². The van der Waals surface area contributed by atoms with Crippen molar-refractivity contribution in [3.05, 3.63) is 29.8 Å². The van der Waals surface area contributed by atoms with Gasteiger partial charge in [0, 0.05) is 5.56 Å². The number of Topliss-reactive ketones (excluding diaryl/α,β-unsaturated/α-hetero) is 1. The summed E-state index contributed by atoms with van der Waals surface area (Å²) in [5, 5.41) is -0.428. The average molecular weight is 241 g/mol. The van der Waals surface area contributed by atoms with E-state index in [1.54, 1.807) is 12.1 Å². The van der Waals surface area contributed by atoms with Gasteiger partial charge in [0.25, 0.3) is 0 Å². The van der Waals surface area contributed by atoms with Crippen molar-refractivity contribution in [3.8, 4) is 5.75 Å². The van der Waals surface area contributed by atoms with E-state index in [0.717, 1.165) is 12.2 Å². The lowest BCUT2D eigenvalue weighted by Gasteiger charge is -2.07. The highest BCUT2D eigenvalue weighted by Crippen LogP contribution is 2.16. The van der Waals surface area contributed by atoms with E-state index in [1.807, 2.05) is 19.1 Å². The van der Waals surface area contributed by atoms with Gasteiger partial charge < -0.3 is 4.74 Å². The first kappa shape index (κ1) is 13.0. The van der Waals surface area contributed by atoms with Crippen molar-refractivity contribution in [1.29, 1.82) is 0 Å². The highest BCUT2D eigenvalue weighted by Gasteiger charge is 2.14. The van der Waals surface area contributed by atoms with Gasteiger partial charge in [0.2, 0.25) is 0 Å². The second kappa shape index (κ2) is 6.54. The number of ketones is 1. The molecule has 0 fully saturated rings. The second-order valence-electron chi connectivity index (χ2n) is 3.61. The summed E-state index contributed by atoms with van der Waals surface area (Å²) in [7, 11) is 0. The first-order valence-corrected chi connectivity index (χ1v) is 6.03. The number of alkyl halides is 1. The molecule has 0 bridgehead atoms. The summed E-state index contributed by atoms with van der Waals surface area (Å²) in [4.78, 5) is 11.7. The van der Waals surface area contributed by atoms with Gasteiger partial charge in [-0.2, -0.15) is 0 Å². The predicted molar refractivity (Wildman–Crippen MR) is 66.5 cm³/mol. The number of ether oxygens (including phenoxy) is 1. The highest BCUT2D eigenvalue weighted by molar-refractivity contribution is 6.33. The standard InChI is InChI=1S/C13H17ClO2/c1-3-9-16-11-7-5-10(6-8-11)13(15)12(14)4-2/h5-8,12H,3-4,9H2,1-2H3. The van der Waals surface area contributed by atoms with Gasteiger partial charge in [0.1, 0.15) is 5.75 Å². The van der Waals surface area contributed by atoms with Crippen LogP contribution in [0.1, 0.15) is 37.0 Å². The molecule has 1 atom stereocenters. The van der Waals surface area contributed by atoms with E-state index in [0.29, 0.717) is 18.6 Å². The molecule has 0 amide bonds. The normalized spacial score (nSPS) is 12.2. The second-order valence-corrected chi connectivity index (χ2v) is 4.14. The van der Waals surface area contributed by atoms with Gasteiger partial charge in [-0.3, -0.25) is 4.79 Å². The summed E-state index contributed by atoms with van der Waals surface area (Å²) in [6.07, 6.45) is 1.62. The molecule has 2 nitrogen and oxygen atoms in total. The third-order valence-electron chi connectivity index (χ3n) is 2.25. The number of hydrogen-bond donors (Lipinski definition) is 0. The molecule has 1 aromatic rings. The van der Waals surface area contributed by atoms with Crippen LogP contribution < -0.4 is 4.74 Å². The molecule has 0 aliphatic rings. The number of carbonyl (C=O) groups is 1. The first-order chi connectivity index (χ1) is 7.69. The minimum absolute atomic E-state index is 0.0220. The molecule has 0 heterocycles. The van der Waals surface area contributed by atoms with Crippen molar-refractivity contribution in [3.63, 3.8) is 0 Å². The van der Waals surface area contributed by atoms with Gasteiger partial charge in [-0.1, -0.05) is 13.8 Å². The van der Waals surface area contributed by atoms with E-state index in [-0.39, 0.29) is 5.78 Å². The average Bonchev–Trinajstić information content (AvgIpc) is 2.35. The van der Waals surface area contributed by atoms with Crippen LogP contribution in [0.4, 0.5) is 0 Å². The molecule has 1 aromatic carbocycles. The monoisotopic (exact) mass is 240 g/mol. The fourth-order valence-corrected chi connectivity index (χ4v) is 1.43. The molecular formula is C13H17ClO2. The van der Waals surface area contributed by atoms with Gasteiger partial charge in [-0.25, -0.2) is 0 Å². The van der Waals surface area contributed by atoms with Gasteiger partial charge in [-0.05, 0) is 37.1 Å². The fraction of sp³-hybridized carbons (Fsp3) is 0.462. The van der Waals surface area contributed by atoms with E-state index < -0.39 is 5.38 Å². The van der Waals surface area contributed by atoms with Crippen LogP contribution in [0.15, 0.2) is 24.3 Å². The quantitative estimate of drug-likeness (QED) is 0.560. The zero-order valence-electron chi connectivity index (χ0n) is 9.70. The lowest BCUT2D eigenvalue weighted by atomic mass is 10.1. The number of rotatable bonds is 6. The lowest BCUT2D eigenvalue weighted by molar-refractivity contribution is 0.0985. The SMILES string of the molecule is CCCOc1ccc(C(=O)C(Cl)CC)cc1. The van der Waals surface area contributed by atoms with Crippen LogP contribution in [0.2, 0.25) is 0 Å². The third-order valence-corrected chi connectivity index (χ3v) is 2.76. The van der Waals surface area contributed by atoms with E-state index >= 15 is 0 Å². The van der Waals surface area contributed by atoms with Crippen LogP contribution >= 0.6 is 11.6 Å². The summed E-state index contributed by atoms with van der Waals surface area (Å²) in [5.74, 6) is 0.771. The molecule has 88 valence electrons.